The number of methoxy groups -OCH3 is 2. The topological polar surface area (TPSA) is 89.2 Å². The van der Waals surface area contributed by atoms with E-state index in [0.29, 0.717) is 37.0 Å². The maximum absolute atomic E-state index is 13.1. The summed E-state index contributed by atoms with van der Waals surface area (Å²) < 4.78 is 23.8. The Bertz CT molecular complexity index is 903. The van der Waals surface area contributed by atoms with Gasteiger partial charge in [0.05, 0.1) is 26.7 Å². The molecule has 1 amide bonds. The number of hydrogen-bond acceptors (Lipinski definition) is 4. The molecule has 1 unspecified atom stereocenters. The standard InChI is InChI=1S/C24H33FN4O3/c1-5-27-24(28-16-19(23(26)30)14-17-6-9-20(25)10-7-17)29(2)13-12-18-8-11-21(31-3)22(15-18)32-4/h6-11,15,19H,5,12-14,16H2,1-4H3,(H2,26,30)(H,27,28). The summed E-state index contributed by atoms with van der Waals surface area (Å²) in [4.78, 5) is 18.6. The summed E-state index contributed by atoms with van der Waals surface area (Å²) in [5.41, 5.74) is 7.55. The number of primary amides is 1. The molecule has 0 radical (unpaired) electrons. The number of carbonyl (C=O) groups is 1. The number of rotatable bonds is 11. The summed E-state index contributed by atoms with van der Waals surface area (Å²) in [6, 6.07) is 11.9. The molecule has 0 bridgehead atoms. The first-order chi connectivity index (χ1) is 15.4. The Morgan fingerprint density at radius 1 is 1.12 bits per heavy atom. The molecule has 0 saturated carbocycles. The molecule has 174 valence electrons. The minimum Gasteiger partial charge on any atom is -0.493 e. The van der Waals surface area contributed by atoms with E-state index >= 15 is 0 Å². The maximum Gasteiger partial charge on any atom is 0.222 e. The Kier molecular flexibility index (Phi) is 9.78. The van der Waals surface area contributed by atoms with Crippen molar-refractivity contribution in [1.82, 2.24) is 10.2 Å². The van der Waals surface area contributed by atoms with Gasteiger partial charge in [-0.2, -0.15) is 0 Å². The molecule has 0 aliphatic heterocycles. The number of guanidine groups is 1. The molecule has 3 N–H and O–H groups in total. The van der Waals surface area contributed by atoms with Crippen molar-refractivity contribution in [3.05, 3.63) is 59.4 Å². The Morgan fingerprint density at radius 2 is 1.78 bits per heavy atom. The van der Waals surface area contributed by atoms with Crippen LogP contribution in [0.2, 0.25) is 0 Å². The van der Waals surface area contributed by atoms with Gasteiger partial charge in [0.25, 0.3) is 0 Å². The quantitative estimate of drug-likeness (QED) is 0.411. The van der Waals surface area contributed by atoms with Crippen LogP contribution in [-0.4, -0.2) is 57.7 Å². The van der Waals surface area contributed by atoms with Gasteiger partial charge in [-0.1, -0.05) is 18.2 Å². The summed E-state index contributed by atoms with van der Waals surface area (Å²) in [5, 5.41) is 3.25. The second-order valence-electron chi connectivity index (χ2n) is 7.49. The highest BCUT2D eigenvalue weighted by molar-refractivity contribution is 5.81. The number of halogens is 1. The highest BCUT2D eigenvalue weighted by Gasteiger charge is 2.17. The number of ether oxygens (including phenoxy) is 2. The zero-order valence-electron chi connectivity index (χ0n) is 19.2. The molecule has 0 heterocycles. The highest BCUT2D eigenvalue weighted by Crippen LogP contribution is 2.27. The average Bonchev–Trinajstić information content (AvgIpc) is 2.80. The molecule has 0 aliphatic carbocycles. The minimum absolute atomic E-state index is 0.246. The smallest absolute Gasteiger partial charge is 0.222 e. The molecule has 2 aromatic carbocycles. The predicted octanol–water partition coefficient (Wildman–Crippen LogP) is 2.63. The average molecular weight is 445 g/mol. The van der Waals surface area contributed by atoms with Gasteiger partial charge in [0.15, 0.2) is 17.5 Å². The first-order valence-electron chi connectivity index (χ1n) is 10.6. The van der Waals surface area contributed by atoms with Crippen molar-refractivity contribution in [2.75, 3.05) is 40.9 Å². The second kappa shape index (κ2) is 12.5. The van der Waals surface area contributed by atoms with Gasteiger partial charge in [-0.15, -0.1) is 0 Å². The highest BCUT2D eigenvalue weighted by atomic mass is 19.1. The van der Waals surface area contributed by atoms with Gasteiger partial charge in [-0.05, 0) is 55.2 Å². The number of nitrogens with one attached hydrogen (secondary N) is 1. The summed E-state index contributed by atoms with van der Waals surface area (Å²) in [6.07, 6.45) is 1.18. The predicted molar refractivity (Wildman–Crippen MR) is 125 cm³/mol. The molecular weight excluding hydrogens is 411 g/mol. The van der Waals surface area contributed by atoms with Crippen molar-refractivity contribution in [2.24, 2.45) is 16.6 Å². The summed E-state index contributed by atoms with van der Waals surface area (Å²) in [5.74, 6) is 0.859. The van der Waals surface area contributed by atoms with Crippen molar-refractivity contribution in [3.8, 4) is 11.5 Å². The second-order valence-corrected chi connectivity index (χ2v) is 7.49. The molecule has 1 atom stereocenters. The van der Waals surface area contributed by atoms with Gasteiger partial charge >= 0.3 is 0 Å². The molecule has 0 saturated heterocycles. The molecule has 7 nitrogen and oxygen atoms in total. The lowest BCUT2D eigenvalue weighted by Crippen LogP contribution is -2.40. The Balaban J connectivity index is 2.04. The van der Waals surface area contributed by atoms with Crippen molar-refractivity contribution in [3.63, 3.8) is 0 Å². The number of nitrogens with two attached hydrogens (primary N) is 1. The van der Waals surface area contributed by atoms with Crippen molar-refractivity contribution in [1.29, 1.82) is 0 Å². The van der Waals surface area contributed by atoms with Gasteiger partial charge in [-0.25, -0.2) is 4.39 Å². The Labute approximate surface area is 189 Å². The zero-order chi connectivity index (χ0) is 23.5. The van der Waals surface area contributed by atoms with E-state index in [1.54, 1.807) is 26.4 Å². The summed E-state index contributed by atoms with van der Waals surface area (Å²) in [7, 11) is 5.17. The van der Waals surface area contributed by atoms with Crippen LogP contribution < -0.4 is 20.5 Å². The fourth-order valence-electron chi connectivity index (χ4n) is 3.27. The fraction of sp³-hybridized carbons (Fsp3) is 0.417. The van der Waals surface area contributed by atoms with Gasteiger partial charge < -0.3 is 25.4 Å². The van der Waals surface area contributed by atoms with Crippen LogP contribution in [0.5, 0.6) is 11.5 Å². The largest absolute Gasteiger partial charge is 0.493 e. The van der Waals surface area contributed by atoms with Crippen LogP contribution in [-0.2, 0) is 17.6 Å². The molecule has 32 heavy (non-hydrogen) atoms. The normalized spacial score (nSPS) is 12.2. The Hall–Kier alpha value is -3.29. The van der Waals surface area contributed by atoms with E-state index in [1.165, 1.54) is 12.1 Å². The molecule has 0 fully saturated rings. The molecule has 0 aliphatic rings. The number of carbonyl (C=O) groups excluding carboxylic acids is 1. The first-order valence-corrected chi connectivity index (χ1v) is 10.6. The molecule has 8 heteroatoms. The lowest BCUT2D eigenvalue weighted by Gasteiger charge is -2.23. The van der Waals surface area contributed by atoms with Crippen LogP contribution in [0.4, 0.5) is 4.39 Å². The number of hydrogen-bond donors (Lipinski definition) is 2. The summed E-state index contributed by atoms with van der Waals surface area (Å²) >= 11 is 0. The number of benzene rings is 2. The van der Waals surface area contributed by atoms with E-state index in [-0.39, 0.29) is 12.4 Å². The van der Waals surface area contributed by atoms with E-state index in [2.05, 4.69) is 10.3 Å². The SMILES string of the molecule is CCNC(=NCC(Cc1ccc(F)cc1)C(N)=O)N(C)CCc1ccc(OC)c(OC)c1. The van der Waals surface area contributed by atoms with E-state index < -0.39 is 11.8 Å². The van der Waals surface area contributed by atoms with E-state index in [4.69, 9.17) is 15.2 Å². The van der Waals surface area contributed by atoms with Crippen LogP contribution in [0.3, 0.4) is 0 Å². The molecule has 0 spiro atoms. The van der Waals surface area contributed by atoms with Crippen LogP contribution in [0.1, 0.15) is 18.1 Å². The van der Waals surface area contributed by atoms with Gasteiger partial charge in [-0.3, -0.25) is 9.79 Å². The van der Waals surface area contributed by atoms with Gasteiger partial charge in [0, 0.05) is 20.1 Å². The van der Waals surface area contributed by atoms with Crippen molar-refractivity contribution in [2.45, 2.75) is 19.8 Å². The van der Waals surface area contributed by atoms with Gasteiger partial charge in [0.2, 0.25) is 5.91 Å². The lowest BCUT2D eigenvalue weighted by molar-refractivity contribution is -0.121. The number of amides is 1. The van der Waals surface area contributed by atoms with E-state index in [1.807, 2.05) is 37.1 Å². The molecular formula is C24H33FN4O3. The Morgan fingerprint density at radius 3 is 2.38 bits per heavy atom. The number of likely N-dealkylation sites (N-methyl/N-ethyl adjacent to an activating group) is 1. The molecule has 2 aromatic rings. The molecule has 0 aromatic heterocycles. The minimum atomic E-state index is -0.478. The van der Waals surface area contributed by atoms with E-state index in [0.717, 1.165) is 17.5 Å². The monoisotopic (exact) mass is 444 g/mol. The van der Waals surface area contributed by atoms with Crippen LogP contribution in [0.25, 0.3) is 0 Å². The summed E-state index contributed by atoms with van der Waals surface area (Å²) in [6.45, 7) is 3.64. The van der Waals surface area contributed by atoms with Crippen molar-refractivity contribution < 1.29 is 18.7 Å². The number of aliphatic imine (C=N–C) groups is 1. The lowest BCUT2D eigenvalue weighted by atomic mass is 9.99. The van der Waals surface area contributed by atoms with Gasteiger partial charge in [0.1, 0.15) is 5.82 Å². The molecule has 2 rings (SSSR count). The third-order valence-corrected chi connectivity index (χ3v) is 5.14. The van der Waals surface area contributed by atoms with E-state index in [9.17, 15) is 9.18 Å². The van der Waals surface area contributed by atoms with Crippen LogP contribution in [0.15, 0.2) is 47.5 Å². The zero-order valence-corrected chi connectivity index (χ0v) is 19.2. The first kappa shape index (κ1) is 25.0. The fourth-order valence-corrected chi connectivity index (χ4v) is 3.27. The third kappa shape index (κ3) is 7.44. The maximum atomic E-state index is 13.1. The van der Waals surface area contributed by atoms with Crippen molar-refractivity contribution >= 4 is 11.9 Å². The van der Waals surface area contributed by atoms with Crippen LogP contribution >= 0.6 is 0 Å². The van der Waals surface area contributed by atoms with Crippen LogP contribution in [0, 0.1) is 11.7 Å². The number of nitrogens with zero attached hydrogens (tertiary/aromatic N) is 2. The third-order valence-electron chi connectivity index (χ3n) is 5.14.